The maximum atomic E-state index is 12.2. The zero-order chi connectivity index (χ0) is 14.5. The van der Waals surface area contributed by atoms with E-state index in [1.54, 1.807) is 6.92 Å². The van der Waals surface area contributed by atoms with Crippen molar-refractivity contribution in [1.29, 1.82) is 0 Å². The summed E-state index contributed by atoms with van der Waals surface area (Å²) in [6.07, 6.45) is 0.678. The average Bonchev–Trinajstić information content (AvgIpc) is 2.68. The summed E-state index contributed by atoms with van der Waals surface area (Å²) >= 11 is 0. The molecular weight excluding hydrogens is 258 g/mol. The van der Waals surface area contributed by atoms with Crippen LogP contribution in [0.4, 0.5) is 0 Å². The van der Waals surface area contributed by atoms with Gasteiger partial charge in [0.05, 0.1) is 12.5 Å². The number of nitrogens with zero attached hydrogens (tertiary/aromatic N) is 1. The molecule has 1 aromatic rings. The van der Waals surface area contributed by atoms with Crippen molar-refractivity contribution in [3.63, 3.8) is 0 Å². The number of amides is 2. The lowest BCUT2D eigenvalue weighted by Gasteiger charge is -2.13. The first-order chi connectivity index (χ1) is 9.61. The van der Waals surface area contributed by atoms with Gasteiger partial charge in [-0.2, -0.15) is 0 Å². The Morgan fingerprint density at radius 2 is 2.00 bits per heavy atom. The van der Waals surface area contributed by atoms with E-state index in [4.69, 9.17) is 4.74 Å². The van der Waals surface area contributed by atoms with E-state index in [1.807, 2.05) is 30.3 Å². The molecule has 1 aliphatic heterocycles. The Hall–Kier alpha value is -2.17. The van der Waals surface area contributed by atoms with Crippen LogP contribution in [-0.4, -0.2) is 35.8 Å². The molecule has 1 unspecified atom stereocenters. The molecule has 1 aliphatic rings. The molecule has 0 aliphatic carbocycles. The van der Waals surface area contributed by atoms with Crippen molar-refractivity contribution in [3.8, 4) is 0 Å². The number of imide groups is 1. The first kappa shape index (κ1) is 14.2. The lowest BCUT2D eigenvalue weighted by atomic mass is 9.98. The third-order valence-corrected chi connectivity index (χ3v) is 3.25. The van der Waals surface area contributed by atoms with Gasteiger partial charge >= 0.3 is 5.97 Å². The third-order valence-electron chi connectivity index (χ3n) is 3.25. The second kappa shape index (κ2) is 6.32. The van der Waals surface area contributed by atoms with Crippen LogP contribution in [0.3, 0.4) is 0 Å². The molecule has 1 fully saturated rings. The topological polar surface area (TPSA) is 63.7 Å². The molecule has 1 heterocycles. The Bertz CT molecular complexity index is 512. The summed E-state index contributed by atoms with van der Waals surface area (Å²) in [7, 11) is 0. The van der Waals surface area contributed by atoms with Crippen LogP contribution >= 0.6 is 0 Å². The van der Waals surface area contributed by atoms with E-state index in [0.717, 1.165) is 10.5 Å². The molecule has 0 radical (unpaired) electrons. The van der Waals surface area contributed by atoms with E-state index in [9.17, 15) is 14.4 Å². The lowest BCUT2D eigenvalue weighted by molar-refractivity contribution is -0.152. The minimum atomic E-state index is -0.547. The van der Waals surface area contributed by atoms with Crippen molar-refractivity contribution in [2.45, 2.75) is 19.8 Å². The van der Waals surface area contributed by atoms with Gasteiger partial charge in [-0.15, -0.1) is 0 Å². The second-order valence-electron chi connectivity index (χ2n) is 4.71. The van der Waals surface area contributed by atoms with Crippen molar-refractivity contribution < 1.29 is 19.1 Å². The van der Waals surface area contributed by atoms with Gasteiger partial charge in [0.1, 0.15) is 6.54 Å². The van der Waals surface area contributed by atoms with E-state index in [-0.39, 0.29) is 37.3 Å². The average molecular weight is 275 g/mol. The highest BCUT2D eigenvalue weighted by molar-refractivity contribution is 6.05. The van der Waals surface area contributed by atoms with Crippen molar-refractivity contribution in [2.75, 3.05) is 13.2 Å². The normalized spacial score (nSPS) is 18.4. The summed E-state index contributed by atoms with van der Waals surface area (Å²) in [6, 6.07) is 9.54. The smallest absolute Gasteiger partial charge is 0.326 e. The minimum Gasteiger partial charge on any atom is -0.465 e. The summed E-state index contributed by atoms with van der Waals surface area (Å²) in [5.41, 5.74) is 1.01. The number of hydrogen-bond donors (Lipinski definition) is 0. The van der Waals surface area contributed by atoms with Crippen LogP contribution in [0.25, 0.3) is 0 Å². The molecule has 0 spiro atoms. The molecule has 2 amide bonds. The minimum absolute atomic E-state index is 0.160. The summed E-state index contributed by atoms with van der Waals surface area (Å²) in [5, 5.41) is 0. The van der Waals surface area contributed by atoms with Crippen molar-refractivity contribution in [1.82, 2.24) is 4.90 Å². The quantitative estimate of drug-likeness (QED) is 0.597. The Labute approximate surface area is 117 Å². The first-order valence-electron chi connectivity index (χ1n) is 6.65. The molecule has 5 heteroatoms. The van der Waals surface area contributed by atoms with Gasteiger partial charge in [0, 0.05) is 6.42 Å². The van der Waals surface area contributed by atoms with E-state index < -0.39 is 5.97 Å². The molecule has 0 N–H and O–H groups in total. The van der Waals surface area contributed by atoms with Crippen LogP contribution in [-0.2, 0) is 25.5 Å². The zero-order valence-corrected chi connectivity index (χ0v) is 11.4. The molecule has 1 saturated heterocycles. The number of hydrogen-bond acceptors (Lipinski definition) is 4. The standard InChI is InChI=1S/C15H17NO4/c1-2-20-14(18)10-16-13(17)9-12(15(16)19)8-11-6-4-3-5-7-11/h3-7,12H,2,8-10H2,1H3. The van der Waals surface area contributed by atoms with Crippen molar-refractivity contribution in [3.05, 3.63) is 35.9 Å². The highest BCUT2D eigenvalue weighted by atomic mass is 16.5. The Morgan fingerprint density at radius 3 is 2.65 bits per heavy atom. The van der Waals surface area contributed by atoms with Crippen LogP contribution < -0.4 is 0 Å². The molecule has 2 rings (SSSR count). The predicted molar refractivity (Wildman–Crippen MR) is 71.6 cm³/mol. The van der Waals surface area contributed by atoms with Crippen LogP contribution in [0.1, 0.15) is 18.9 Å². The molecule has 1 aromatic carbocycles. The van der Waals surface area contributed by atoms with Gasteiger partial charge in [-0.05, 0) is 18.9 Å². The van der Waals surface area contributed by atoms with E-state index in [1.165, 1.54) is 0 Å². The molecular formula is C15H17NO4. The van der Waals surface area contributed by atoms with Gasteiger partial charge in [-0.3, -0.25) is 19.3 Å². The van der Waals surface area contributed by atoms with Gasteiger partial charge in [0.25, 0.3) is 0 Å². The number of likely N-dealkylation sites (tertiary alicyclic amines) is 1. The van der Waals surface area contributed by atoms with Gasteiger partial charge in [-0.25, -0.2) is 0 Å². The van der Waals surface area contributed by atoms with Gasteiger partial charge in [0.15, 0.2) is 0 Å². The zero-order valence-electron chi connectivity index (χ0n) is 11.4. The largest absolute Gasteiger partial charge is 0.465 e. The van der Waals surface area contributed by atoms with E-state index >= 15 is 0 Å². The van der Waals surface area contributed by atoms with Crippen LogP contribution in [0, 0.1) is 5.92 Å². The monoisotopic (exact) mass is 275 g/mol. The molecule has 20 heavy (non-hydrogen) atoms. The maximum absolute atomic E-state index is 12.2. The maximum Gasteiger partial charge on any atom is 0.326 e. The summed E-state index contributed by atoms with van der Waals surface area (Å²) < 4.78 is 4.77. The number of carbonyl (C=O) groups is 3. The second-order valence-corrected chi connectivity index (χ2v) is 4.71. The van der Waals surface area contributed by atoms with E-state index in [2.05, 4.69) is 0 Å². The molecule has 5 nitrogen and oxygen atoms in total. The predicted octanol–water partition coefficient (Wildman–Crippen LogP) is 1.17. The number of rotatable bonds is 5. The molecule has 0 saturated carbocycles. The number of carbonyl (C=O) groups excluding carboxylic acids is 3. The Balaban J connectivity index is 2.00. The lowest BCUT2D eigenvalue weighted by Crippen LogP contribution is -2.36. The fourth-order valence-electron chi connectivity index (χ4n) is 2.31. The highest BCUT2D eigenvalue weighted by Gasteiger charge is 2.39. The molecule has 0 bridgehead atoms. The third kappa shape index (κ3) is 3.23. The molecule has 1 atom stereocenters. The van der Waals surface area contributed by atoms with Crippen LogP contribution in [0.5, 0.6) is 0 Å². The highest BCUT2D eigenvalue weighted by Crippen LogP contribution is 2.23. The van der Waals surface area contributed by atoms with E-state index in [0.29, 0.717) is 6.42 Å². The summed E-state index contributed by atoms with van der Waals surface area (Å²) in [4.78, 5) is 36.4. The number of ether oxygens (including phenoxy) is 1. The van der Waals surface area contributed by atoms with Crippen molar-refractivity contribution in [2.24, 2.45) is 5.92 Å². The SMILES string of the molecule is CCOC(=O)CN1C(=O)CC(Cc2ccccc2)C1=O. The fraction of sp³-hybridized carbons (Fsp3) is 0.400. The summed E-state index contributed by atoms with van der Waals surface area (Å²) in [5.74, 6) is -1.51. The van der Waals surface area contributed by atoms with Gasteiger partial charge in [-0.1, -0.05) is 30.3 Å². The Morgan fingerprint density at radius 1 is 1.30 bits per heavy atom. The fourth-order valence-corrected chi connectivity index (χ4v) is 2.31. The van der Waals surface area contributed by atoms with Crippen LogP contribution in [0.2, 0.25) is 0 Å². The number of benzene rings is 1. The summed E-state index contributed by atoms with van der Waals surface area (Å²) in [6.45, 7) is 1.64. The van der Waals surface area contributed by atoms with Gasteiger partial charge < -0.3 is 4.74 Å². The van der Waals surface area contributed by atoms with Crippen LogP contribution in [0.15, 0.2) is 30.3 Å². The Kier molecular flexibility index (Phi) is 4.50. The number of esters is 1. The first-order valence-corrected chi connectivity index (χ1v) is 6.65. The van der Waals surface area contributed by atoms with Gasteiger partial charge in [0.2, 0.25) is 11.8 Å². The molecule has 0 aromatic heterocycles. The van der Waals surface area contributed by atoms with Crippen molar-refractivity contribution >= 4 is 17.8 Å². The molecule has 106 valence electrons.